The first kappa shape index (κ1) is 13.6. The molecule has 21 heavy (non-hydrogen) atoms. The van der Waals surface area contributed by atoms with Crippen LogP contribution in [0.15, 0.2) is 30.3 Å². The van der Waals surface area contributed by atoms with Gasteiger partial charge in [-0.05, 0) is 81.4 Å². The van der Waals surface area contributed by atoms with Crippen LogP contribution < -0.4 is 10.6 Å². The number of hydrogen-bond donors (Lipinski definition) is 2. The van der Waals surface area contributed by atoms with Gasteiger partial charge in [-0.15, -0.1) is 0 Å². The van der Waals surface area contributed by atoms with E-state index in [2.05, 4.69) is 41.0 Å². The topological polar surface area (TPSA) is 24.1 Å². The lowest BCUT2D eigenvalue weighted by atomic mass is 9.53. The molecule has 0 radical (unpaired) electrons. The Labute approximate surface area is 128 Å². The van der Waals surface area contributed by atoms with Crippen LogP contribution in [-0.2, 0) is 0 Å². The van der Waals surface area contributed by atoms with Gasteiger partial charge in [-0.2, -0.15) is 0 Å². The third kappa shape index (κ3) is 2.96. The van der Waals surface area contributed by atoms with Crippen LogP contribution in [0.25, 0.3) is 0 Å². The predicted molar refractivity (Wildman–Crippen MR) is 88.5 cm³/mol. The largest absolute Gasteiger partial charge is 0.385 e. The molecular weight excluding hydrogens is 256 g/mol. The summed E-state index contributed by atoms with van der Waals surface area (Å²) in [7, 11) is 0. The highest BCUT2D eigenvalue weighted by Gasteiger charge is 2.50. The Morgan fingerprint density at radius 3 is 2.10 bits per heavy atom. The standard InChI is InChI=1S/C19H28N2/c1-2-5-18(6-3-1)20-7-4-8-21-19-12-15-9-16(13-19)11-17(10-15)14-19/h1-3,5-6,15-17,20-21H,4,7-14H2. The molecule has 5 rings (SSSR count). The summed E-state index contributed by atoms with van der Waals surface area (Å²) in [5, 5.41) is 7.49. The highest BCUT2D eigenvalue weighted by atomic mass is 15.0. The third-order valence-electron chi connectivity index (χ3n) is 5.99. The van der Waals surface area contributed by atoms with Crippen molar-refractivity contribution in [2.45, 2.75) is 50.5 Å². The summed E-state index contributed by atoms with van der Waals surface area (Å²) < 4.78 is 0. The molecule has 0 aliphatic heterocycles. The molecule has 0 atom stereocenters. The Morgan fingerprint density at radius 1 is 0.857 bits per heavy atom. The molecule has 0 amide bonds. The fourth-order valence-corrected chi connectivity index (χ4v) is 5.56. The molecule has 2 nitrogen and oxygen atoms in total. The van der Waals surface area contributed by atoms with Gasteiger partial charge in [0.2, 0.25) is 0 Å². The lowest BCUT2D eigenvalue weighted by molar-refractivity contribution is -0.0194. The van der Waals surface area contributed by atoms with E-state index in [4.69, 9.17) is 0 Å². The molecule has 1 aromatic rings. The average molecular weight is 284 g/mol. The molecule has 2 heteroatoms. The Kier molecular flexibility index (Phi) is 3.66. The van der Waals surface area contributed by atoms with Gasteiger partial charge in [0.15, 0.2) is 0 Å². The first-order valence-corrected chi connectivity index (χ1v) is 8.85. The summed E-state index contributed by atoms with van der Waals surface area (Å²) in [5.41, 5.74) is 1.77. The van der Waals surface area contributed by atoms with Gasteiger partial charge >= 0.3 is 0 Å². The van der Waals surface area contributed by atoms with Gasteiger partial charge in [0.05, 0.1) is 0 Å². The third-order valence-corrected chi connectivity index (χ3v) is 5.99. The van der Waals surface area contributed by atoms with Crippen molar-refractivity contribution in [2.24, 2.45) is 17.8 Å². The van der Waals surface area contributed by atoms with Crippen LogP contribution in [0.3, 0.4) is 0 Å². The molecule has 0 aromatic heterocycles. The number of hydrogen-bond acceptors (Lipinski definition) is 2. The van der Waals surface area contributed by atoms with Gasteiger partial charge < -0.3 is 10.6 Å². The number of benzene rings is 1. The monoisotopic (exact) mass is 284 g/mol. The van der Waals surface area contributed by atoms with E-state index in [1.807, 2.05) is 0 Å². The van der Waals surface area contributed by atoms with Gasteiger partial charge in [0.25, 0.3) is 0 Å². The van der Waals surface area contributed by atoms with Crippen LogP contribution in [0.2, 0.25) is 0 Å². The molecule has 2 N–H and O–H groups in total. The van der Waals surface area contributed by atoms with E-state index in [0.717, 1.165) is 24.3 Å². The van der Waals surface area contributed by atoms with Crippen molar-refractivity contribution in [3.63, 3.8) is 0 Å². The number of rotatable bonds is 6. The van der Waals surface area contributed by atoms with E-state index >= 15 is 0 Å². The van der Waals surface area contributed by atoms with Crippen LogP contribution in [0.5, 0.6) is 0 Å². The lowest BCUT2D eigenvalue weighted by Crippen LogP contribution is -2.58. The lowest BCUT2D eigenvalue weighted by Gasteiger charge is -2.57. The highest BCUT2D eigenvalue weighted by Crippen LogP contribution is 2.55. The van der Waals surface area contributed by atoms with E-state index < -0.39 is 0 Å². The van der Waals surface area contributed by atoms with Crippen LogP contribution >= 0.6 is 0 Å². The molecular formula is C19H28N2. The number of nitrogens with one attached hydrogen (secondary N) is 2. The van der Waals surface area contributed by atoms with E-state index in [1.165, 1.54) is 57.2 Å². The highest BCUT2D eigenvalue weighted by molar-refractivity contribution is 5.42. The maximum absolute atomic E-state index is 3.97. The SMILES string of the molecule is c1ccc(NCCCNC23CC4CC(CC(C4)C2)C3)cc1. The second-order valence-corrected chi connectivity index (χ2v) is 7.77. The minimum atomic E-state index is 0.529. The van der Waals surface area contributed by atoms with Crippen molar-refractivity contribution in [3.8, 4) is 0 Å². The Bertz CT molecular complexity index is 432. The van der Waals surface area contributed by atoms with E-state index in [1.54, 1.807) is 0 Å². The van der Waals surface area contributed by atoms with Crippen molar-refractivity contribution < 1.29 is 0 Å². The fourth-order valence-electron chi connectivity index (χ4n) is 5.56. The summed E-state index contributed by atoms with van der Waals surface area (Å²) in [4.78, 5) is 0. The molecule has 4 aliphatic rings. The zero-order chi connectivity index (χ0) is 14.1. The van der Waals surface area contributed by atoms with Crippen molar-refractivity contribution in [1.29, 1.82) is 0 Å². The maximum atomic E-state index is 3.97. The molecule has 0 heterocycles. The quantitative estimate of drug-likeness (QED) is 0.770. The zero-order valence-corrected chi connectivity index (χ0v) is 13.0. The Morgan fingerprint density at radius 2 is 1.48 bits per heavy atom. The van der Waals surface area contributed by atoms with Crippen molar-refractivity contribution >= 4 is 5.69 Å². The molecule has 4 bridgehead atoms. The minimum Gasteiger partial charge on any atom is -0.385 e. The Hall–Kier alpha value is -1.02. The molecule has 0 spiro atoms. The minimum absolute atomic E-state index is 0.529. The first-order chi connectivity index (χ1) is 10.3. The normalized spacial score (nSPS) is 36.9. The molecule has 4 fully saturated rings. The summed E-state index contributed by atoms with van der Waals surface area (Å²) in [5.74, 6) is 3.14. The first-order valence-electron chi connectivity index (χ1n) is 8.85. The molecule has 0 unspecified atom stereocenters. The second-order valence-electron chi connectivity index (χ2n) is 7.77. The second kappa shape index (κ2) is 5.64. The van der Waals surface area contributed by atoms with Crippen molar-refractivity contribution in [2.75, 3.05) is 18.4 Å². The molecule has 0 saturated heterocycles. The van der Waals surface area contributed by atoms with Gasteiger partial charge in [0.1, 0.15) is 0 Å². The average Bonchev–Trinajstić information content (AvgIpc) is 2.46. The molecule has 1 aromatic carbocycles. The van der Waals surface area contributed by atoms with E-state index in [0.29, 0.717) is 5.54 Å². The molecule has 4 saturated carbocycles. The van der Waals surface area contributed by atoms with E-state index in [9.17, 15) is 0 Å². The smallest absolute Gasteiger partial charge is 0.0340 e. The van der Waals surface area contributed by atoms with Crippen LogP contribution in [0.1, 0.15) is 44.9 Å². The predicted octanol–water partition coefficient (Wildman–Crippen LogP) is 4.05. The summed E-state index contributed by atoms with van der Waals surface area (Å²) >= 11 is 0. The van der Waals surface area contributed by atoms with E-state index in [-0.39, 0.29) is 0 Å². The summed E-state index contributed by atoms with van der Waals surface area (Å²) in [6, 6.07) is 10.5. The fraction of sp³-hybridized carbons (Fsp3) is 0.684. The molecule has 4 aliphatic carbocycles. The maximum Gasteiger partial charge on any atom is 0.0340 e. The van der Waals surface area contributed by atoms with Gasteiger partial charge in [-0.25, -0.2) is 0 Å². The van der Waals surface area contributed by atoms with Gasteiger partial charge in [-0.3, -0.25) is 0 Å². The zero-order valence-electron chi connectivity index (χ0n) is 13.0. The van der Waals surface area contributed by atoms with Crippen molar-refractivity contribution in [3.05, 3.63) is 30.3 Å². The molecule has 114 valence electrons. The summed E-state index contributed by atoms with van der Waals surface area (Å²) in [6.07, 6.45) is 10.2. The number of anilines is 1. The van der Waals surface area contributed by atoms with Crippen LogP contribution in [-0.4, -0.2) is 18.6 Å². The van der Waals surface area contributed by atoms with Crippen LogP contribution in [0.4, 0.5) is 5.69 Å². The number of para-hydroxylation sites is 1. The van der Waals surface area contributed by atoms with Crippen molar-refractivity contribution in [1.82, 2.24) is 5.32 Å². The van der Waals surface area contributed by atoms with Gasteiger partial charge in [-0.1, -0.05) is 18.2 Å². The Balaban J connectivity index is 1.22. The van der Waals surface area contributed by atoms with Gasteiger partial charge in [0, 0.05) is 17.8 Å². The summed E-state index contributed by atoms with van der Waals surface area (Å²) in [6.45, 7) is 2.25. The van der Waals surface area contributed by atoms with Crippen LogP contribution in [0, 0.1) is 17.8 Å².